The molecule has 0 atom stereocenters. The predicted molar refractivity (Wildman–Crippen MR) is 93.3 cm³/mol. The normalized spacial score (nSPS) is 16.0. The summed E-state index contributed by atoms with van der Waals surface area (Å²) in [4.78, 5) is 12.1. The molecule has 0 aliphatic heterocycles. The van der Waals surface area contributed by atoms with Crippen molar-refractivity contribution in [1.82, 2.24) is 5.32 Å². The van der Waals surface area contributed by atoms with Crippen molar-refractivity contribution in [3.63, 3.8) is 0 Å². The van der Waals surface area contributed by atoms with Gasteiger partial charge in [0.1, 0.15) is 0 Å². The molecule has 23 heavy (non-hydrogen) atoms. The number of sulfone groups is 1. The first-order valence-corrected chi connectivity index (χ1v) is 10.1. The molecule has 2 rings (SSSR count). The summed E-state index contributed by atoms with van der Waals surface area (Å²) < 4.78 is 22.9. The van der Waals surface area contributed by atoms with Crippen LogP contribution in [0.3, 0.4) is 0 Å². The van der Waals surface area contributed by atoms with Crippen LogP contribution in [-0.4, -0.2) is 27.2 Å². The molecule has 1 aromatic rings. The minimum atomic E-state index is -3.10. The van der Waals surface area contributed by atoms with Crippen LogP contribution in [0.4, 0.5) is 10.5 Å². The Kier molecular flexibility index (Phi) is 5.34. The molecule has 1 fully saturated rings. The summed E-state index contributed by atoms with van der Waals surface area (Å²) in [7, 11) is -3.10. The summed E-state index contributed by atoms with van der Waals surface area (Å²) in [6.07, 6.45) is 5.86. The minimum absolute atomic E-state index is 0.0183. The molecule has 1 saturated carbocycles. The Labute approximate surface area is 138 Å². The standard InChI is InChI=1S/C17H26N2O3S/c1-4-8-17(9-10-17)12-18-16(20)19-15-7-5-6-14(13(15)2)11-23(3,21)22/h5-7H,4,8-12H2,1-3H3,(H2,18,19,20). The van der Waals surface area contributed by atoms with Gasteiger partial charge in [0.05, 0.1) is 5.75 Å². The lowest BCUT2D eigenvalue weighted by Crippen LogP contribution is -2.34. The molecule has 1 aromatic carbocycles. The van der Waals surface area contributed by atoms with Gasteiger partial charge in [0, 0.05) is 18.5 Å². The highest BCUT2D eigenvalue weighted by Gasteiger charge is 2.41. The summed E-state index contributed by atoms with van der Waals surface area (Å²) in [6.45, 7) is 4.70. The maximum Gasteiger partial charge on any atom is 0.319 e. The molecule has 0 saturated heterocycles. The van der Waals surface area contributed by atoms with Crippen LogP contribution in [0, 0.1) is 12.3 Å². The number of carbonyl (C=O) groups excluding carboxylic acids is 1. The van der Waals surface area contributed by atoms with Crippen LogP contribution in [0.1, 0.15) is 43.7 Å². The van der Waals surface area contributed by atoms with Crippen LogP contribution in [0.5, 0.6) is 0 Å². The van der Waals surface area contributed by atoms with Crippen molar-refractivity contribution in [3.05, 3.63) is 29.3 Å². The largest absolute Gasteiger partial charge is 0.337 e. The molecule has 1 aliphatic carbocycles. The number of urea groups is 1. The zero-order valence-corrected chi connectivity index (χ0v) is 14.9. The van der Waals surface area contributed by atoms with Crippen molar-refractivity contribution in [2.45, 2.75) is 45.3 Å². The van der Waals surface area contributed by atoms with Gasteiger partial charge in [-0.2, -0.15) is 0 Å². The first-order valence-electron chi connectivity index (χ1n) is 8.06. The monoisotopic (exact) mass is 338 g/mol. The zero-order valence-electron chi connectivity index (χ0n) is 14.1. The second kappa shape index (κ2) is 6.91. The van der Waals surface area contributed by atoms with Crippen molar-refractivity contribution in [2.24, 2.45) is 5.41 Å². The fraction of sp³-hybridized carbons (Fsp3) is 0.588. The van der Waals surface area contributed by atoms with Gasteiger partial charge in [-0.25, -0.2) is 13.2 Å². The van der Waals surface area contributed by atoms with Gasteiger partial charge >= 0.3 is 6.03 Å². The molecule has 128 valence electrons. The highest BCUT2D eigenvalue weighted by Crippen LogP contribution is 2.48. The van der Waals surface area contributed by atoms with Crippen LogP contribution >= 0.6 is 0 Å². The Hall–Kier alpha value is -1.56. The molecule has 0 aromatic heterocycles. The molecule has 0 radical (unpaired) electrons. The highest BCUT2D eigenvalue weighted by molar-refractivity contribution is 7.89. The molecule has 5 nitrogen and oxygen atoms in total. The summed E-state index contributed by atoms with van der Waals surface area (Å²) in [5.41, 5.74) is 2.47. The molecule has 0 bridgehead atoms. The molecular weight excluding hydrogens is 312 g/mol. The number of hydrogen-bond acceptors (Lipinski definition) is 3. The van der Waals surface area contributed by atoms with Gasteiger partial charge in [0.25, 0.3) is 0 Å². The Bertz CT molecular complexity index is 679. The maximum absolute atomic E-state index is 12.1. The van der Waals surface area contributed by atoms with E-state index in [-0.39, 0.29) is 11.8 Å². The third-order valence-corrected chi connectivity index (χ3v) is 5.31. The minimum Gasteiger partial charge on any atom is -0.337 e. The van der Waals surface area contributed by atoms with E-state index in [0.717, 1.165) is 24.0 Å². The van der Waals surface area contributed by atoms with Gasteiger partial charge in [0.2, 0.25) is 0 Å². The second-order valence-electron chi connectivity index (χ2n) is 6.72. The summed E-state index contributed by atoms with van der Waals surface area (Å²) in [5.74, 6) is -0.0183. The van der Waals surface area contributed by atoms with Crippen molar-refractivity contribution in [3.8, 4) is 0 Å². The smallest absolute Gasteiger partial charge is 0.319 e. The lowest BCUT2D eigenvalue weighted by molar-refractivity contribution is 0.249. The van der Waals surface area contributed by atoms with E-state index in [1.807, 2.05) is 6.92 Å². The third-order valence-electron chi connectivity index (χ3n) is 4.47. The van der Waals surface area contributed by atoms with Crippen LogP contribution in [0.15, 0.2) is 18.2 Å². The van der Waals surface area contributed by atoms with Crippen LogP contribution in [-0.2, 0) is 15.6 Å². The number of carbonyl (C=O) groups is 1. The molecule has 2 N–H and O–H groups in total. The molecule has 6 heteroatoms. The van der Waals surface area contributed by atoms with Gasteiger partial charge in [-0.15, -0.1) is 0 Å². The first-order chi connectivity index (χ1) is 10.7. The number of hydrogen-bond donors (Lipinski definition) is 2. The summed E-state index contributed by atoms with van der Waals surface area (Å²) in [5, 5.41) is 5.78. The Morgan fingerprint density at radius 3 is 2.57 bits per heavy atom. The first kappa shape index (κ1) is 17.8. The van der Waals surface area contributed by atoms with Crippen molar-refractivity contribution >= 4 is 21.6 Å². The third kappa shape index (κ3) is 5.23. The number of nitrogens with one attached hydrogen (secondary N) is 2. The Morgan fingerprint density at radius 2 is 2.00 bits per heavy atom. The van der Waals surface area contributed by atoms with Crippen molar-refractivity contribution in [2.75, 3.05) is 18.1 Å². The highest BCUT2D eigenvalue weighted by atomic mass is 32.2. The van der Waals surface area contributed by atoms with Gasteiger partial charge in [0.15, 0.2) is 9.84 Å². The van der Waals surface area contributed by atoms with Crippen LogP contribution in [0.2, 0.25) is 0 Å². The Balaban J connectivity index is 1.97. The van der Waals surface area contributed by atoms with Crippen LogP contribution in [0.25, 0.3) is 0 Å². The second-order valence-corrected chi connectivity index (χ2v) is 8.86. The van der Waals surface area contributed by atoms with Gasteiger partial charge < -0.3 is 10.6 Å². The van der Waals surface area contributed by atoms with E-state index in [1.54, 1.807) is 18.2 Å². The summed E-state index contributed by atoms with van der Waals surface area (Å²) >= 11 is 0. The molecule has 0 heterocycles. The molecule has 0 unspecified atom stereocenters. The van der Waals surface area contributed by atoms with E-state index in [1.165, 1.54) is 19.1 Å². The predicted octanol–water partition coefficient (Wildman–Crippen LogP) is 3.24. The van der Waals surface area contributed by atoms with Gasteiger partial charge in [-0.1, -0.05) is 25.5 Å². The van der Waals surface area contributed by atoms with Crippen molar-refractivity contribution < 1.29 is 13.2 Å². The number of amides is 2. The number of benzene rings is 1. The Morgan fingerprint density at radius 1 is 1.30 bits per heavy atom. The topological polar surface area (TPSA) is 75.3 Å². The lowest BCUT2D eigenvalue weighted by atomic mass is 10.0. The summed E-state index contributed by atoms with van der Waals surface area (Å²) in [6, 6.07) is 5.11. The lowest BCUT2D eigenvalue weighted by Gasteiger charge is -2.16. The van der Waals surface area contributed by atoms with E-state index in [2.05, 4.69) is 17.6 Å². The van der Waals surface area contributed by atoms with Crippen LogP contribution < -0.4 is 10.6 Å². The van der Waals surface area contributed by atoms with Crippen molar-refractivity contribution in [1.29, 1.82) is 0 Å². The average Bonchev–Trinajstić information content (AvgIpc) is 3.20. The zero-order chi connectivity index (χ0) is 17.1. The van der Waals surface area contributed by atoms with E-state index in [0.29, 0.717) is 17.6 Å². The molecule has 0 spiro atoms. The van der Waals surface area contributed by atoms with E-state index >= 15 is 0 Å². The fourth-order valence-electron chi connectivity index (χ4n) is 2.91. The van der Waals surface area contributed by atoms with Gasteiger partial charge in [-0.05, 0) is 48.8 Å². The van der Waals surface area contributed by atoms with E-state index in [9.17, 15) is 13.2 Å². The maximum atomic E-state index is 12.1. The SMILES string of the molecule is CCCC1(CNC(=O)Nc2cccc(CS(C)(=O)=O)c2C)CC1. The quantitative estimate of drug-likeness (QED) is 0.801. The van der Waals surface area contributed by atoms with E-state index < -0.39 is 9.84 Å². The molecular formula is C17H26N2O3S. The fourth-order valence-corrected chi connectivity index (χ4v) is 3.79. The van der Waals surface area contributed by atoms with E-state index in [4.69, 9.17) is 0 Å². The van der Waals surface area contributed by atoms with Gasteiger partial charge in [-0.3, -0.25) is 0 Å². The number of rotatable bonds is 7. The molecule has 1 aliphatic rings. The average molecular weight is 338 g/mol. The number of anilines is 1. The molecule has 2 amide bonds.